The average molecular weight is 295 g/mol. The van der Waals surface area contributed by atoms with Crippen molar-refractivity contribution < 1.29 is 13.2 Å². The van der Waals surface area contributed by atoms with Crippen LogP contribution in [-0.4, -0.2) is 32.0 Å². The van der Waals surface area contributed by atoms with Crippen LogP contribution in [-0.2, 0) is 10.0 Å². The molecule has 2 rings (SSSR count). The van der Waals surface area contributed by atoms with Crippen LogP contribution in [0.25, 0.3) is 0 Å². The number of hydrogen-bond acceptors (Lipinski definition) is 4. The number of ether oxygens (including phenoxy) is 1. The fourth-order valence-corrected chi connectivity index (χ4v) is 2.92. The van der Waals surface area contributed by atoms with Gasteiger partial charge in [-0.1, -0.05) is 25.1 Å². The van der Waals surface area contributed by atoms with Crippen LogP contribution < -0.4 is 9.46 Å². The van der Waals surface area contributed by atoms with E-state index in [1.54, 1.807) is 7.11 Å². The first-order valence-corrected chi connectivity index (χ1v) is 7.64. The molecule has 0 unspecified atom stereocenters. The van der Waals surface area contributed by atoms with Gasteiger partial charge in [0.05, 0.1) is 19.6 Å². The highest BCUT2D eigenvalue weighted by Crippen LogP contribution is 2.25. The molecule has 1 atom stereocenters. The Morgan fingerprint density at radius 3 is 2.80 bits per heavy atom. The number of methoxy groups -OCH3 is 1. The van der Waals surface area contributed by atoms with Crippen molar-refractivity contribution in [2.75, 3.05) is 13.7 Å². The van der Waals surface area contributed by atoms with Crippen molar-refractivity contribution in [3.63, 3.8) is 0 Å². The van der Waals surface area contributed by atoms with Gasteiger partial charge in [-0.25, -0.2) is 18.1 Å². The fraction of sp³-hybridized carbons (Fsp3) is 0.308. The monoisotopic (exact) mass is 295 g/mol. The van der Waals surface area contributed by atoms with E-state index in [4.69, 9.17) is 4.74 Å². The van der Waals surface area contributed by atoms with E-state index in [1.165, 1.54) is 12.5 Å². The average Bonchev–Trinajstić information content (AvgIpc) is 3.00. The summed E-state index contributed by atoms with van der Waals surface area (Å²) in [4.78, 5) is 6.28. The highest BCUT2D eigenvalue weighted by molar-refractivity contribution is 7.89. The van der Waals surface area contributed by atoms with E-state index < -0.39 is 10.0 Å². The number of sulfonamides is 1. The van der Waals surface area contributed by atoms with Gasteiger partial charge in [0.15, 0.2) is 5.03 Å². The maximum absolute atomic E-state index is 12.0. The van der Waals surface area contributed by atoms with E-state index in [1.807, 2.05) is 31.2 Å². The molecule has 0 aliphatic rings. The predicted octanol–water partition coefficient (Wildman–Crippen LogP) is 1.50. The summed E-state index contributed by atoms with van der Waals surface area (Å²) in [5.41, 5.74) is 0.960. The molecule has 2 aromatic rings. The zero-order valence-electron chi connectivity index (χ0n) is 11.3. The summed E-state index contributed by atoms with van der Waals surface area (Å²) in [5, 5.41) is 0.0599. The van der Waals surface area contributed by atoms with Crippen molar-refractivity contribution in [1.29, 1.82) is 0 Å². The maximum Gasteiger partial charge on any atom is 0.257 e. The molecule has 0 aliphatic heterocycles. The Bertz CT molecular complexity index is 653. The number of hydrogen-bond donors (Lipinski definition) is 2. The molecular formula is C13H17N3O3S. The van der Waals surface area contributed by atoms with Crippen LogP contribution in [0.2, 0.25) is 0 Å². The van der Waals surface area contributed by atoms with Gasteiger partial charge in [-0.2, -0.15) is 0 Å². The highest BCUT2D eigenvalue weighted by Gasteiger charge is 2.18. The largest absolute Gasteiger partial charge is 0.496 e. The molecule has 0 bridgehead atoms. The Morgan fingerprint density at radius 1 is 1.40 bits per heavy atom. The standard InChI is InChI=1S/C13H17N3O3S/c1-10(11-5-3-4-6-12(11)19-2)7-16-20(17,18)13-8-14-9-15-13/h3-6,8-10,16H,7H2,1-2H3,(H,14,15)/t10-/m1/s1. The van der Waals surface area contributed by atoms with E-state index >= 15 is 0 Å². The topological polar surface area (TPSA) is 84.1 Å². The second-order valence-corrected chi connectivity index (χ2v) is 6.15. The number of nitrogens with zero attached hydrogens (tertiary/aromatic N) is 1. The van der Waals surface area contributed by atoms with Crippen LogP contribution in [0.5, 0.6) is 5.75 Å². The minimum absolute atomic E-state index is 0.0103. The number of nitrogens with one attached hydrogen (secondary N) is 2. The van der Waals surface area contributed by atoms with Gasteiger partial charge in [-0.15, -0.1) is 0 Å². The molecule has 20 heavy (non-hydrogen) atoms. The lowest BCUT2D eigenvalue weighted by Gasteiger charge is -2.16. The van der Waals surface area contributed by atoms with Gasteiger partial charge < -0.3 is 9.72 Å². The maximum atomic E-state index is 12.0. The fourth-order valence-electron chi connectivity index (χ4n) is 1.89. The lowest BCUT2D eigenvalue weighted by molar-refractivity contribution is 0.406. The zero-order valence-corrected chi connectivity index (χ0v) is 12.1. The van der Waals surface area contributed by atoms with Gasteiger partial charge in [-0.05, 0) is 17.5 Å². The lowest BCUT2D eigenvalue weighted by Crippen LogP contribution is -2.28. The number of benzene rings is 1. The number of H-pyrrole nitrogens is 1. The van der Waals surface area contributed by atoms with Crippen molar-refractivity contribution in [2.45, 2.75) is 17.9 Å². The van der Waals surface area contributed by atoms with Crippen molar-refractivity contribution in [1.82, 2.24) is 14.7 Å². The molecular weight excluding hydrogens is 278 g/mol. The van der Waals surface area contributed by atoms with Crippen LogP contribution in [0, 0.1) is 0 Å². The second kappa shape index (κ2) is 6.06. The van der Waals surface area contributed by atoms with E-state index in [0.717, 1.165) is 11.3 Å². The Morgan fingerprint density at radius 2 is 2.15 bits per heavy atom. The van der Waals surface area contributed by atoms with Gasteiger partial charge in [0.2, 0.25) is 0 Å². The van der Waals surface area contributed by atoms with Gasteiger partial charge >= 0.3 is 0 Å². The normalized spacial score (nSPS) is 13.1. The van der Waals surface area contributed by atoms with Crippen molar-refractivity contribution in [3.05, 3.63) is 42.4 Å². The molecule has 0 fully saturated rings. The summed E-state index contributed by atoms with van der Waals surface area (Å²) in [6, 6.07) is 7.56. The molecule has 1 aromatic heterocycles. The van der Waals surface area contributed by atoms with E-state index in [9.17, 15) is 8.42 Å². The molecule has 0 spiro atoms. The minimum Gasteiger partial charge on any atom is -0.496 e. The molecule has 1 aromatic carbocycles. The number of aromatic amines is 1. The summed E-state index contributed by atoms with van der Waals surface area (Å²) >= 11 is 0. The van der Waals surface area contributed by atoms with Crippen LogP contribution >= 0.6 is 0 Å². The molecule has 2 N–H and O–H groups in total. The summed E-state index contributed by atoms with van der Waals surface area (Å²) in [7, 11) is -1.95. The number of para-hydroxylation sites is 1. The second-order valence-electron chi connectivity index (χ2n) is 4.41. The Balaban J connectivity index is 2.07. The Kier molecular flexibility index (Phi) is 4.41. The molecule has 108 valence electrons. The molecule has 1 heterocycles. The van der Waals surface area contributed by atoms with E-state index in [0.29, 0.717) is 0 Å². The third kappa shape index (κ3) is 3.17. The van der Waals surface area contributed by atoms with Crippen LogP contribution in [0.4, 0.5) is 0 Å². The Labute approximate surface area is 118 Å². The van der Waals surface area contributed by atoms with Gasteiger partial charge in [0.1, 0.15) is 5.75 Å². The quantitative estimate of drug-likeness (QED) is 0.846. The molecule has 0 aliphatic carbocycles. The van der Waals surface area contributed by atoms with Crippen LogP contribution in [0.15, 0.2) is 41.8 Å². The smallest absolute Gasteiger partial charge is 0.257 e. The number of rotatable bonds is 6. The van der Waals surface area contributed by atoms with Gasteiger partial charge in [-0.3, -0.25) is 0 Å². The summed E-state index contributed by atoms with van der Waals surface area (Å²) in [6.45, 7) is 2.22. The minimum atomic E-state index is -3.55. The molecule has 6 nitrogen and oxygen atoms in total. The molecule has 0 saturated carbocycles. The Hall–Kier alpha value is -1.86. The number of imidazole rings is 1. The van der Waals surface area contributed by atoms with Crippen molar-refractivity contribution in [2.24, 2.45) is 0 Å². The first kappa shape index (κ1) is 14.5. The summed E-state index contributed by atoms with van der Waals surface area (Å²) < 4.78 is 31.8. The highest BCUT2D eigenvalue weighted by atomic mass is 32.2. The van der Waals surface area contributed by atoms with Crippen LogP contribution in [0.3, 0.4) is 0 Å². The summed E-state index contributed by atoms with van der Waals surface area (Å²) in [5.74, 6) is 0.740. The van der Waals surface area contributed by atoms with E-state index in [-0.39, 0.29) is 17.5 Å². The molecule has 7 heteroatoms. The van der Waals surface area contributed by atoms with Crippen molar-refractivity contribution in [3.8, 4) is 5.75 Å². The zero-order chi connectivity index (χ0) is 14.6. The van der Waals surface area contributed by atoms with Crippen LogP contribution in [0.1, 0.15) is 18.4 Å². The lowest BCUT2D eigenvalue weighted by atomic mass is 10.0. The van der Waals surface area contributed by atoms with Gasteiger partial charge in [0, 0.05) is 6.54 Å². The number of aromatic nitrogens is 2. The SMILES string of the molecule is COc1ccccc1[C@H](C)CNS(=O)(=O)c1cnc[nH]1. The summed E-state index contributed by atoms with van der Waals surface area (Å²) in [6.07, 6.45) is 2.61. The molecule has 0 saturated heterocycles. The third-order valence-electron chi connectivity index (χ3n) is 3.01. The molecule has 0 radical (unpaired) electrons. The van der Waals surface area contributed by atoms with Crippen molar-refractivity contribution >= 4 is 10.0 Å². The molecule has 0 amide bonds. The first-order valence-electron chi connectivity index (χ1n) is 6.15. The van der Waals surface area contributed by atoms with Gasteiger partial charge in [0.25, 0.3) is 10.0 Å². The third-order valence-corrected chi connectivity index (χ3v) is 4.36. The predicted molar refractivity (Wildman–Crippen MR) is 75.2 cm³/mol. The first-order chi connectivity index (χ1) is 9.54. The van der Waals surface area contributed by atoms with E-state index in [2.05, 4.69) is 14.7 Å².